The molecule has 1 heterocycles. The van der Waals surface area contributed by atoms with Crippen molar-refractivity contribution in [2.24, 2.45) is 0 Å². The predicted octanol–water partition coefficient (Wildman–Crippen LogP) is 1.91. The number of hydrogen-bond acceptors (Lipinski definition) is 4. The molecule has 0 bridgehead atoms. The lowest BCUT2D eigenvalue weighted by molar-refractivity contribution is 0.0933. The number of aromatic nitrogens is 3. The van der Waals surface area contributed by atoms with Crippen molar-refractivity contribution in [3.8, 4) is 5.69 Å². The number of carbonyl (C=O) groups is 1. The van der Waals surface area contributed by atoms with E-state index in [0.717, 1.165) is 0 Å². The van der Waals surface area contributed by atoms with Crippen LogP contribution >= 0.6 is 11.6 Å². The quantitative estimate of drug-likeness (QED) is 0.913. The van der Waals surface area contributed by atoms with Crippen molar-refractivity contribution in [1.29, 1.82) is 0 Å². The van der Waals surface area contributed by atoms with E-state index in [9.17, 15) is 4.79 Å². The molecule has 0 spiro atoms. The normalized spacial score (nSPS) is 12.5. The molecule has 1 amide bonds. The molecular weight excluding hydrogens is 302 g/mol. The van der Waals surface area contributed by atoms with E-state index in [0.29, 0.717) is 23.1 Å². The van der Waals surface area contributed by atoms with Crippen LogP contribution in [0.2, 0.25) is 5.02 Å². The average Bonchev–Trinajstić information content (AvgIpc) is 2.86. The Kier molecular flexibility index (Phi) is 5.15. The van der Waals surface area contributed by atoms with E-state index < -0.39 is 0 Å². The van der Waals surface area contributed by atoms with Gasteiger partial charge in [0.05, 0.1) is 10.7 Å². The highest BCUT2D eigenvalue weighted by atomic mass is 35.5. The van der Waals surface area contributed by atoms with Crippen molar-refractivity contribution < 1.29 is 4.79 Å². The molecule has 0 aliphatic heterocycles. The number of amides is 1. The first-order valence-electron chi connectivity index (χ1n) is 7.03. The molecule has 1 atom stereocenters. The Balaban J connectivity index is 2.16. The van der Waals surface area contributed by atoms with E-state index in [1.807, 2.05) is 44.1 Å². The SMILES string of the molecule is Cc1nc(C(=O)NC[C@H](C)N(C)C)nn1-c1ccccc1Cl. The van der Waals surface area contributed by atoms with E-state index in [4.69, 9.17) is 11.6 Å². The van der Waals surface area contributed by atoms with Gasteiger partial charge < -0.3 is 10.2 Å². The Bertz CT molecular complexity index is 668. The van der Waals surface area contributed by atoms with Gasteiger partial charge in [-0.05, 0) is 40.1 Å². The topological polar surface area (TPSA) is 63.1 Å². The van der Waals surface area contributed by atoms with Gasteiger partial charge in [0.15, 0.2) is 0 Å². The third-order valence-electron chi connectivity index (χ3n) is 3.49. The zero-order valence-electron chi connectivity index (χ0n) is 13.2. The van der Waals surface area contributed by atoms with Crippen molar-refractivity contribution >= 4 is 17.5 Å². The number of likely N-dealkylation sites (N-methyl/N-ethyl adjacent to an activating group) is 1. The van der Waals surface area contributed by atoms with Gasteiger partial charge in [-0.15, -0.1) is 5.10 Å². The van der Waals surface area contributed by atoms with Crippen LogP contribution < -0.4 is 5.32 Å². The molecule has 0 fully saturated rings. The summed E-state index contributed by atoms with van der Waals surface area (Å²) in [4.78, 5) is 18.4. The Morgan fingerprint density at radius 2 is 2.09 bits per heavy atom. The molecule has 1 aromatic heterocycles. The first-order valence-corrected chi connectivity index (χ1v) is 7.41. The van der Waals surface area contributed by atoms with Gasteiger partial charge in [0.25, 0.3) is 5.91 Å². The average molecular weight is 322 g/mol. The molecule has 0 aliphatic rings. The molecule has 0 saturated carbocycles. The number of carbonyl (C=O) groups excluding carboxylic acids is 1. The second kappa shape index (κ2) is 6.89. The lowest BCUT2D eigenvalue weighted by Crippen LogP contribution is -2.38. The Morgan fingerprint density at radius 3 is 2.73 bits per heavy atom. The highest BCUT2D eigenvalue weighted by Crippen LogP contribution is 2.20. The summed E-state index contributed by atoms with van der Waals surface area (Å²) in [5.74, 6) is 0.463. The fourth-order valence-electron chi connectivity index (χ4n) is 1.84. The Labute approximate surface area is 135 Å². The maximum atomic E-state index is 12.2. The van der Waals surface area contributed by atoms with E-state index in [-0.39, 0.29) is 17.8 Å². The summed E-state index contributed by atoms with van der Waals surface area (Å²) in [6.45, 7) is 4.35. The molecule has 2 aromatic rings. The molecule has 0 saturated heterocycles. The van der Waals surface area contributed by atoms with Crippen LogP contribution in [0.5, 0.6) is 0 Å². The van der Waals surface area contributed by atoms with Crippen LogP contribution in [0.1, 0.15) is 23.4 Å². The first-order chi connectivity index (χ1) is 10.4. The van der Waals surface area contributed by atoms with Crippen LogP contribution in [0.15, 0.2) is 24.3 Å². The van der Waals surface area contributed by atoms with Crippen LogP contribution in [0, 0.1) is 6.92 Å². The van der Waals surface area contributed by atoms with Gasteiger partial charge >= 0.3 is 0 Å². The second-order valence-corrected chi connectivity index (χ2v) is 5.78. The Morgan fingerprint density at radius 1 is 1.41 bits per heavy atom. The van der Waals surface area contributed by atoms with Crippen molar-refractivity contribution in [2.75, 3.05) is 20.6 Å². The van der Waals surface area contributed by atoms with Crippen LogP contribution in [-0.2, 0) is 0 Å². The van der Waals surface area contributed by atoms with E-state index in [1.54, 1.807) is 17.7 Å². The Hall–Kier alpha value is -1.92. The molecule has 0 radical (unpaired) electrons. The van der Waals surface area contributed by atoms with E-state index >= 15 is 0 Å². The smallest absolute Gasteiger partial charge is 0.291 e. The summed E-state index contributed by atoms with van der Waals surface area (Å²) in [5.41, 5.74) is 0.704. The second-order valence-electron chi connectivity index (χ2n) is 5.37. The zero-order chi connectivity index (χ0) is 16.3. The van der Waals surface area contributed by atoms with Crippen molar-refractivity contribution in [2.45, 2.75) is 19.9 Å². The minimum atomic E-state index is -0.289. The van der Waals surface area contributed by atoms with Crippen molar-refractivity contribution in [1.82, 2.24) is 25.0 Å². The van der Waals surface area contributed by atoms with Gasteiger partial charge in [0.1, 0.15) is 5.82 Å². The molecule has 7 heteroatoms. The summed E-state index contributed by atoms with van der Waals surface area (Å²) < 4.78 is 1.58. The number of nitrogens with zero attached hydrogens (tertiary/aromatic N) is 4. The number of nitrogens with one attached hydrogen (secondary N) is 1. The van der Waals surface area contributed by atoms with Gasteiger partial charge in [-0.25, -0.2) is 9.67 Å². The third-order valence-corrected chi connectivity index (χ3v) is 3.81. The first kappa shape index (κ1) is 16.5. The molecule has 22 heavy (non-hydrogen) atoms. The summed E-state index contributed by atoms with van der Waals surface area (Å²) >= 11 is 6.16. The standard InChI is InChI=1S/C15H20ClN5O/c1-10(20(3)4)9-17-15(22)14-18-11(2)21(19-14)13-8-6-5-7-12(13)16/h5-8,10H,9H2,1-4H3,(H,17,22)/t10-/m0/s1. The monoisotopic (exact) mass is 321 g/mol. The minimum Gasteiger partial charge on any atom is -0.348 e. The van der Waals surface area contributed by atoms with E-state index in [2.05, 4.69) is 15.4 Å². The number of rotatable bonds is 5. The lowest BCUT2D eigenvalue weighted by atomic mass is 10.3. The van der Waals surface area contributed by atoms with Gasteiger partial charge in [-0.3, -0.25) is 4.79 Å². The van der Waals surface area contributed by atoms with Crippen molar-refractivity contribution in [3.63, 3.8) is 0 Å². The highest BCUT2D eigenvalue weighted by Gasteiger charge is 2.17. The third kappa shape index (κ3) is 3.64. The molecule has 0 aliphatic carbocycles. The number of hydrogen-bond donors (Lipinski definition) is 1. The summed E-state index contributed by atoms with van der Waals surface area (Å²) in [6.07, 6.45) is 0. The van der Waals surface area contributed by atoms with E-state index in [1.165, 1.54) is 0 Å². The van der Waals surface area contributed by atoms with Crippen molar-refractivity contribution in [3.05, 3.63) is 40.9 Å². The van der Waals surface area contributed by atoms with Crippen LogP contribution in [0.3, 0.4) is 0 Å². The largest absolute Gasteiger partial charge is 0.348 e. The molecule has 118 valence electrons. The predicted molar refractivity (Wildman–Crippen MR) is 86.6 cm³/mol. The number of aryl methyl sites for hydroxylation is 1. The summed E-state index contributed by atoms with van der Waals surface area (Å²) in [7, 11) is 3.93. The highest BCUT2D eigenvalue weighted by molar-refractivity contribution is 6.32. The number of halogens is 1. The molecule has 1 N–H and O–H groups in total. The fourth-order valence-corrected chi connectivity index (χ4v) is 2.06. The molecular formula is C15H20ClN5O. The molecule has 0 unspecified atom stereocenters. The van der Waals surface area contributed by atoms with Gasteiger partial charge in [-0.1, -0.05) is 23.7 Å². The molecule has 6 nitrogen and oxygen atoms in total. The van der Waals surface area contributed by atoms with Crippen LogP contribution in [-0.4, -0.2) is 52.3 Å². The fraction of sp³-hybridized carbons (Fsp3) is 0.400. The zero-order valence-corrected chi connectivity index (χ0v) is 13.9. The molecule has 2 rings (SSSR count). The lowest BCUT2D eigenvalue weighted by Gasteiger charge is -2.19. The maximum Gasteiger partial charge on any atom is 0.291 e. The summed E-state index contributed by atoms with van der Waals surface area (Å²) in [6, 6.07) is 7.54. The van der Waals surface area contributed by atoms with Gasteiger partial charge in [-0.2, -0.15) is 0 Å². The minimum absolute atomic E-state index is 0.142. The number of benzene rings is 1. The van der Waals surface area contributed by atoms with Gasteiger partial charge in [0.2, 0.25) is 5.82 Å². The molecule has 1 aromatic carbocycles. The number of para-hydroxylation sites is 1. The summed E-state index contributed by atoms with van der Waals surface area (Å²) in [5, 5.41) is 7.65. The maximum absolute atomic E-state index is 12.2. The van der Waals surface area contributed by atoms with Crippen LogP contribution in [0.25, 0.3) is 5.69 Å². The van der Waals surface area contributed by atoms with Gasteiger partial charge in [0, 0.05) is 12.6 Å². The van der Waals surface area contributed by atoms with Crippen LogP contribution in [0.4, 0.5) is 0 Å².